The lowest BCUT2D eigenvalue weighted by atomic mass is 10.0. The first-order chi connectivity index (χ1) is 13.0. The number of rotatable bonds is 3. The van der Waals surface area contributed by atoms with Crippen molar-refractivity contribution in [2.75, 3.05) is 6.54 Å². The van der Waals surface area contributed by atoms with Gasteiger partial charge in [0.15, 0.2) is 5.69 Å². The molecule has 4 rings (SSSR count). The summed E-state index contributed by atoms with van der Waals surface area (Å²) in [4.78, 5) is 34.2. The fourth-order valence-corrected chi connectivity index (χ4v) is 4.04. The number of carbonyl (C=O) groups is 1. The lowest BCUT2D eigenvalue weighted by Crippen LogP contribution is -2.40. The van der Waals surface area contributed by atoms with E-state index in [4.69, 9.17) is 23.2 Å². The highest BCUT2D eigenvalue weighted by molar-refractivity contribution is 6.34. The first-order valence-corrected chi connectivity index (χ1v) is 9.52. The highest BCUT2D eigenvalue weighted by Crippen LogP contribution is 2.24. The van der Waals surface area contributed by atoms with Gasteiger partial charge in [0.2, 0.25) is 0 Å². The molecule has 138 valence electrons. The predicted molar refractivity (Wildman–Crippen MR) is 107 cm³/mol. The molecule has 2 aromatic carbocycles. The zero-order chi connectivity index (χ0) is 19.0. The molecule has 1 N–H and O–H groups in total. The Morgan fingerprint density at radius 1 is 1.22 bits per heavy atom. The summed E-state index contributed by atoms with van der Waals surface area (Å²) in [5.41, 5.74) is 1.39. The minimum Gasteiger partial charge on any atom is -0.334 e. The van der Waals surface area contributed by atoms with Crippen molar-refractivity contribution in [3.63, 3.8) is 0 Å². The van der Waals surface area contributed by atoms with Crippen molar-refractivity contribution in [3.05, 3.63) is 74.1 Å². The Morgan fingerprint density at radius 2 is 2.04 bits per heavy atom. The van der Waals surface area contributed by atoms with Gasteiger partial charge >= 0.3 is 0 Å². The molecular weight excluding hydrogens is 385 g/mol. The van der Waals surface area contributed by atoms with Crippen LogP contribution in [0.3, 0.4) is 0 Å². The van der Waals surface area contributed by atoms with Crippen LogP contribution in [0.1, 0.15) is 28.9 Å². The molecule has 1 atom stereocenters. The highest BCUT2D eigenvalue weighted by Gasteiger charge is 2.31. The van der Waals surface area contributed by atoms with E-state index in [-0.39, 0.29) is 17.6 Å². The second-order valence-electron chi connectivity index (χ2n) is 6.68. The molecule has 0 radical (unpaired) electrons. The predicted octanol–water partition coefficient (Wildman–Crippen LogP) is 4.08. The molecule has 1 aromatic heterocycles. The largest absolute Gasteiger partial charge is 0.334 e. The molecule has 3 aromatic rings. The van der Waals surface area contributed by atoms with Crippen molar-refractivity contribution in [1.82, 2.24) is 14.9 Å². The number of amides is 1. The smallest absolute Gasteiger partial charge is 0.280 e. The summed E-state index contributed by atoms with van der Waals surface area (Å²) in [6.45, 7) is 0.603. The van der Waals surface area contributed by atoms with Gasteiger partial charge in [0, 0.05) is 17.6 Å². The molecule has 2 heterocycles. The summed E-state index contributed by atoms with van der Waals surface area (Å²) in [5.74, 6) is -0.359. The molecule has 0 saturated carbocycles. The van der Waals surface area contributed by atoms with Gasteiger partial charge in [-0.15, -0.1) is 0 Å². The third kappa shape index (κ3) is 3.57. The number of hydrogen-bond acceptors (Lipinski definition) is 3. The molecule has 0 spiro atoms. The maximum atomic E-state index is 13.1. The van der Waals surface area contributed by atoms with Gasteiger partial charge in [0.25, 0.3) is 11.5 Å². The number of aromatic amines is 1. The molecule has 1 amide bonds. The topological polar surface area (TPSA) is 66.1 Å². The molecule has 1 fully saturated rings. The van der Waals surface area contributed by atoms with Crippen LogP contribution in [0.4, 0.5) is 0 Å². The van der Waals surface area contributed by atoms with Gasteiger partial charge in [-0.05, 0) is 49.1 Å². The molecule has 1 saturated heterocycles. The van der Waals surface area contributed by atoms with E-state index in [0.717, 1.165) is 18.4 Å². The average molecular weight is 402 g/mol. The van der Waals surface area contributed by atoms with Crippen LogP contribution < -0.4 is 5.56 Å². The van der Waals surface area contributed by atoms with Crippen molar-refractivity contribution >= 4 is 40.1 Å². The van der Waals surface area contributed by atoms with Gasteiger partial charge in [-0.1, -0.05) is 41.4 Å². The third-order valence-corrected chi connectivity index (χ3v) is 5.41. The van der Waals surface area contributed by atoms with E-state index in [1.807, 2.05) is 24.3 Å². The van der Waals surface area contributed by atoms with Crippen LogP contribution in [0.25, 0.3) is 11.0 Å². The van der Waals surface area contributed by atoms with E-state index in [9.17, 15) is 9.59 Å². The molecule has 0 bridgehead atoms. The van der Waals surface area contributed by atoms with Crippen LogP contribution in [-0.4, -0.2) is 33.4 Å². The zero-order valence-corrected chi connectivity index (χ0v) is 15.9. The van der Waals surface area contributed by atoms with Crippen LogP contribution in [0.15, 0.2) is 47.3 Å². The standard InChI is InChI=1S/C20H17Cl2N3O2/c21-13-5-1-4-12(10-13)11-14-6-3-9-25(14)20(27)18-19(26)23-16-8-2-7-15(22)17(16)24-18/h1-2,4-5,7-8,10,14H,3,6,9,11H2,(H,23,26). The second-order valence-corrected chi connectivity index (χ2v) is 7.52. The Hall–Kier alpha value is -2.37. The fourth-order valence-electron chi connectivity index (χ4n) is 3.61. The molecule has 7 heteroatoms. The number of para-hydroxylation sites is 1. The average Bonchev–Trinajstić information content (AvgIpc) is 3.09. The summed E-state index contributed by atoms with van der Waals surface area (Å²) in [5, 5.41) is 1.07. The van der Waals surface area contributed by atoms with E-state index >= 15 is 0 Å². The Labute approximate surface area is 165 Å². The zero-order valence-electron chi connectivity index (χ0n) is 14.4. The van der Waals surface area contributed by atoms with Crippen molar-refractivity contribution in [3.8, 4) is 0 Å². The van der Waals surface area contributed by atoms with Crippen molar-refractivity contribution < 1.29 is 4.79 Å². The first kappa shape index (κ1) is 18.0. The summed E-state index contributed by atoms with van der Waals surface area (Å²) in [6.07, 6.45) is 2.46. The Bertz CT molecular complexity index is 1080. The molecule has 1 aliphatic heterocycles. The monoisotopic (exact) mass is 401 g/mol. The van der Waals surface area contributed by atoms with Gasteiger partial charge in [-0.3, -0.25) is 9.59 Å². The normalized spacial score (nSPS) is 16.8. The Balaban J connectivity index is 1.65. The van der Waals surface area contributed by atoms with Crippen LogP contribution in [0.2, 0.25) is 10.0 Å². The summed E-state index contributed by atoms with van der Waals surface area (Å²) < 4.78 is 0. The minimum atomic E-state index is -0.497. The van der Waals surface area contributed by atoms with Crippen LogP contribution in [0.5, 0.6) is 0 Å². The first-order valence-electron chi connectivity index (χ1n) is 8.77. The van der Waals surface area contributed by atoms with E-state index in [1.54, 1.807) is 23.1 Å². The van der Waals surface area contributed by atoms with E-state index in [1.165, 1.54) is 0 Å². The van der Waals surface area contributed by atoms with E-state index in [2.05, 4.69) is 9.97 Å². The van der Waals surface area contributed by atoms with Gasteiger partial charge < -0.3 is 9.88 Å². The summed E-state index contributed by atoms with van der Waals surface area (Å²) in [7, 11) is 0. The van der Waals surface area contributed by atoms with Crippen molar-refractivity contribution in [2.45, 2.75) is 25.3 Å². The lowest BCUT2D eigenvalue weighted by Gasteiger charge is -2.24. The Kier molecular flexibility index (Phi) is 4.89. The number of carbonyl (C=O) groups excluding carboxylic acids is 1. The summed E-state index contributed by atoms with van der Waals surface area (Å²) in [6, 6.07) is 12.8. The highest BCUT2D eigenvalue weighted by atomic mass is 35.5. The maximum Gasteiger partial charge on any atom is 0.280 e. The van der Waals surface area contributed by atoms with Gasteiger partial charge in [0.1, 0.15) is 5.52 Å². The van der Waals surface area contributed by atoms with Crippen molar-refractivity contribution in [1.29, 1.82) is 0 Å². The van der Waals surface area contributed by atoms with E-state index < -0.39 is 5.56 Å². The molecule has 0 aliphatic carbocycles. The van der Waals surface area contributed by atoms with Gasteiger partial charge in [0.05, 0.1) is 10.5 Å². The minimum absolute atomic E-state index is 0.0131. The molecule has 5 nitrogen and oxygen atoms in total. The van der Waals surface area contributed by atoms with Crippen molar-refractivity contribution in [2.24, 2.45) is 0 Å². The molecule has 1 unspecified atom stereocenters. The number of hydrogen-bond donors (Lipinski definition) is 1. The van der Waals surface area contributed by atoms with E-state index in [0.29, 0.717) is 34.0 Å². The number of aromatic nitrogens is 2. The second kappa shape index (κ2) is 7.33. The molecular formula is C20H17Cl2N3O2. The van der Waals surface area contributed by atoms with Crippen LogP contribution in [0, 0.1) is 0 Å². The number of nitrogens with zero attached hydrogens (tertiary/aromatic N) is 2. The summed E-state index contributed by atoms with van der Waals surface area (Å²) >= 11 is 12.2. The number of H-pyrrole nitrogens is 1. The number of fused-ring (bicyclic) bond motifs is 1. The Morgan fingerprint density at radius 3 is 2.85 bits per heavy atom. The van der Waals surface area contributed by atoms with Crippen LogP contribution >= 0.6 is 23.2 Å². The molecule has 1 aliphatic rings. The van der Waals surface area contributed by atoms with Crippen LogP contribution in [-0.2, 0) is 6.42 Å². The van der Waals surface area contributed by atoms with Gasteiger partial charge in [-0.25, -0.2) is 4.98 Å². The molecule has 27 heavy (non-hydrogen) atoms. The number of likely N-dealkylation sites (tertiary alicyclic amines) is 1. The number of halogens is 2. The number of benzene rings is 2. The third-order valence-electron chi connectivity index (χ3n) is 4.87. The quantitative estimate of drug-likeness (QED) is 0.718. The SMILES string of the molecule is O=C(c1nc2c(Cl)cccc2[nH]c1=O)N1CCCC1Cc1cccc(Cl)c1. The number of nitrogens with one attached hydrogen (secondary N) is 1. The lowest BCUT2D eigenvalue weighted by molar-refractivity contribution is 0.0729. The van der Waals surface area contributed by atoms with Gasteiger partial charge in [-0.2, -0.15) is 0 Å². The fraction of sp³-hybridized carbons (Fsp3) is 0.250. The maximum absolute atomic E-state index is 13.1.